The summed E-state index contributed by atoms with van der Waals surface area (Å²) in [6, 6.07) is 20.6. The first-order chi connectivity index (χ1) is 13.6. The highest BCUT2D eigenvalue weighted by Crippen LogP contribution is 2.28. The molecular formula is C23H21N5. The minimum atomic E-state index is -0.135. The molecule has 5 nitrogen and oxygen atoms in total. The van der Waals surface area contributed by atoms with Crippen LogP contribution in [-0.4, -0.2) is 18.8 Å². The number of nitrogens with zero attached hydrogens (tertiary/aromatic N) is 5. The fraction of sp³-hybridized carbons (Fsp3) is 0.217. The summed E-state index contributed by atoms with van der Waals surface area (Å²) in [5.74, 6) is 0. The quantitative estimate of drug-likeness (QED) is 0.534. The molecule has 0 unspecified atom stereocenters. The summed E-state index contributed by atoms with van der Waals surface area (Å²) in [4.78, 5) is 6.73. The lowest BCUT2D eigenvalue weighted by Crippen LogP contribution is -2.21. The van der Waals surface area contributed by atoms with Crippen molar-refractivity contribution in [1.29, 1.82) is 15.8 Å². The molecule has 2 aromatic rings. The van der Waals surface area contributed by atoms with Crippen LogP contribution in [0.3, 0.4) is 0 Å². The van der Waals surface area contributed by atoms with E-state index in [-0.39, 0.29) is 16.9 Å². The van der Waals surface area contributed by atoms with E-state index >= 15 is 0 Å². The molecule has 0 N–H and O–H groups in total. The van der Waals surface area contributed by atoms with Crippen molar-refractivity contribution < 1.29 is 0 Å². The lowest BCUT2D eigenvalue weighted by atomic mass is 9.96. The Kier molecular flexibility index (Phi) is 7.09. The number of nitriles is 3. The van der Waals surface area contributed by atoms with E-state index in [1.54, 1.807) is 24.3 Å². The highest BCUT2D eigenvalue weighted by Gasteiger charge is 2.17. The molecule has 0 bridgehead atoms. The van der Waals surface area contributed by atoms with Gasteiger partial charge < -0.3 is 4.90 Å². The lowest BCUT2D eigenvalue weighted by Gasteiger charge is -2.21. The zero-order valence-electron chi connectivity index (χ0n) is 16.3. The summed E-state index contributed by atoms with van der Waals surface area (Å²) in [5, 5.41) is 28.5. The molecule has 0 atom stereocenters. The van der Waals surface area contributed by atoms with Crippen LogP contribution < -0.4 is 4.90 Å². The zero-order chi connectivity index (χ0) is 20.5. The summed E-state index contributed by atoms with van der Waals surface area (Å²) >= 11 is 0. The lowest BCUT2D eigenvalue weighted by molar-refractivity contribution is 0.865. The molecule has 0 saturated heterocycles. The molecule has 5 heteroatoms. The molecule has 0 amide bonds. The van der Waals surface area contributed by atoms with Crippen molar-refractivity contribution in [1.82, 2.24) is 0 Å². The monoisotopic (exact) mass is 367 g/mol. The molecule has 0 spiro atoms. The largest absolute Gasteiger partial charge is 0.372 e. The standard InChI is InChI=1S/C23H21N5/c1-4-28(5-2)20-11-12-21(17(3)13-20)27-22(16-26)23(19(14-24)15-25)18-9-7-6-8-10-18/h6-13H,4-5H2,1-3H3/b27-22-. The Labute approximate surface area is 166 Å². The fourth-order valence-corrected chi connectivity index (χ4v) is 2.95. The third-order valence-corrected chi connectivity index (χ3v) is 4.42. The van der Waals surface area contributed by atoms with E-state index in [1.807, 2.05) is 43.3 Å². The number of aryl methyl sites for hydroxylation is 1. The molecule has 0 saturated carbocycles. The summed E-state index contributed by atoms with van der Waals surface area (Å²) < 4.78 is 0. The summed E-state index contributed by atoms with van der Waals surface area (Å²) in [5.41, 5.74) is 3.41. The van der Waals surface area contributed by atoms with Gasteiger partial charge >= 0.3 is 0 Å². The second-order valence-corrected chi connectivity index (χ2v) is 6.05. The number of allylic oxidation sites excluding steroid dienone is 2. The second-order valence-electron chi connectivity index (χ2n) is 6.05. The zero-order valence-corrected chi connectivity index (χ0v) is 16.3. The van der Waals surface area contributed by atoms with Crippen LogP contribution >= 0.6 is 0 Å². The maximum absolute atomic E-state index is 9.73. The van der Waals surface area contributed by atoms with E-state index in [0.717, 1.165) is 24.3 Å². The van der Waals surface area contributed by atoms with Gasteiger partial charge in [-0.15, -0.1) is 0 Å². The van der Waals surface area contributed by atoms with Gasteiger partial charge in [-0.1, -0.05) is 30.3 Å². The summed E-state index contributed by atoms with van der Waals surface area (Å²) in [6.07, 6.45) is 0. The molecule has 2 rings (SSSR count). The molecule has 138 valence electrons. The van der Waals surface area contributed by atoms with Crippen LogP contribution in [0.5, 0.6) is 0 Å². The summed E-state index contributed by atoms with van der Waals surface area (Å²) in [6.45, 7) is 7.93. The number of hydrogen-bond donors (Lipinski definition) is 0. The molecule has 0 heterocycles. The smallest absolute Gasteiger partial charge is 0.151 e. The molecule has 28 heavy (non-hydrogen) atoms. The van der Waals surface area contributed by atoms with Crippen molar-refractivity contribution in [2.45, 2.75) is 20.8 Å². The van der Waals surface area contributed by atoms with Gasteiger partial charge in [0.1, 0.15) is 23.8 Å². The SMILES string of the molecule is CCN(CC)c1ccc(/N=C(/C#N)C(=C(C#N)C#N)c2ccccc2)c(C)c1. The van der Waals surface area contributed by atoms with E-state index in [9.17, 15) is 15.8 Å². The summed E-state index contributed by atoms with van der Waals surface area (Å²) in [7, 11) is 0. The highest BCUT2D eigenvalue weighted by atomic mass is 15.1. The van der Waals surface area contributed by atoms with Crippen LogP contribution in [0, 0.1) is 40.9 Å². The van der Waals surface area contributed by atoms with E-state index in [2.05, 4.69) is 29.8 Å². The Hall–Kier alpha value is -3.88. The van der Waals surface area contributed by atoms with E-state index < -0.39 is 0 Å². The molecule has 0 aliphatic carbocycles. The molecule has 2 aromatic carbocycles. The molecule has 0 fully saturated rings. The maximum Gasteiger partial charge on any atom is 0.151 e. The van der Waals surface area contributed by atoms with Crippen molar-refractivity contribution in [3.63, 3.8) is 0 Å². The molecule has 0 aliphatic rings. The van der Waals surface area contributed by atoms with Gasteiger partial charge in [-0.3, -0.25) is 0 Å². The first kappa shape index (κ1) is 20.4. The van der Waals surface area contributed by atoms with Gasteiger partial charge in [-0.25, -0.2) is 4.99 Å². The van der Waals surface area contributed by atoms with Crippen LogP contribution in [0.25, 0.3) is 5.57 Å². The van der Waals surface area contributed by atoms with Crippen LogP contribution in [0.2, 0.25) is 0 Å². The number of rotatable bonds is 6. The van der Waals surface area contributed by atoms with Crippen molar-refractivity contribution >= 4 is 22.7 Å². The molecule has 0 radical (unpaired) electrons. The fourth-order valence-electron chi connectivity index (χ4n) is 2.95. The molecule has 0 aromatic heterocycles. The van der Waals surface area contributed by atoms with Crippen LogP contribution in [0.15, 0.2) is 59.1 Å². The number of hydrogen-bond acceptors (Lipinski definition) is 5. The van der Waals surface area contributed by atoms with E-state index in [0.29, 0.717) is 11.3 Å². The maximum atomic E-state index is 9.73. The van der Waals surface area contributed by atoms with E-state index in [1.165, 1.54) is 0 Å². The number of anilines is 1. The van der Waals surface area contributed by atoms with Gasteiger partial charge in [0.15, 0.2) is 5.71 Å². The minimum Gasteiger partial charge on any atom is -0.372 e. The first-order valence-corrected chi connectivity index (χ1v) is 9.04. The second kappa shape index (κ2) is 9.72. The third-order valence-electron chi connectivity index (χ3n) is 4.42. The van der Waals surface area contributed by atoms with Crippen LogP contribution in [0.1, 0.15) is 25.0 Å². The van der Waals surface area contributed by atoms with Crippen molar-refractivity contribution in [3.8, 4) is 18.2 Å². The Morgan fingerprint density at radius 3 is 2.07 bits per heavy atom. The van der Waals surface area contributed by atoms with Gasteiger partial charge in [0.25, 0.3) is 0 Å². The Balaban J connectivity index is 2.61. The van der Waals surface area contributed by atoms with Gasteiger partial charge in [0.2, 0.25) is 0 Å². The Morgan fingerprint density at radius 1 is 0.929 bits per heavy atom. The van der Waals surface area contributed by atoms with Gasteiger partial charge in [0.05, 0.1) is 5.69 Å². The Bertz CT molecular complexity index is 1010. The number of benzene rings is 2. The highest BCUT2D eigenvalue weighted by molar-refractivity contribution is 6.33. The van der Waals surface area contributed by atoms with Gasteiger partial charge in [-0.2, -0.15) is 15.8 Å². The van der Waals surface area contributed by atoms with Crippen LogP contribution in [-0.2, 0) is 0 Å². The normalized spacial score (nSPS) is 10.4. The van der Waals surface area contributed by atoms with Crippen molar-refractivity contribution in [2.75, 3.05) is 18.0 Å². The predicted molar refractivity (Wildman–Crippen MR) is 112 cm³/mol. The van der Waals surface area contributed by atoms with Crippen LogP contribution in [0.4, 0.5) is 11.4 Å². The van der Waals surface area contributed by atoms with Crippen molar-refractivity contribution in [2.24, 2.45) is 4.99 Å². The minimum absolute atomic E-state index is 0.0444. The molecular weight excluding hydrogens is 346 g/mol. The Morgan fingerprint density at radius 2 is 1.57 bits per heavy atom. The van der Waals surface area contributed by atoms with Crippen molar-refractivity contribution in [3.05, 3.63) is 65.2 Å². The van der Waals surface area contributed by atoms with Gasteiger partial charge in [0, 0.05) is 24.4 Å². The molecule has 0 aliphatic heterocycles. The van der Waals surface area contributed by atoms with E-state index in [4.69, 9.17) is 0 Å². The third kappa shape index (κ3) is 4.44. The average Bonchev–Trinajstić information content (AvgIpc) is 2.73. The van der Waals surface area contributed by atoms with Gasteiger partial charge in [-0.05, 0) is 50.1 Å². The number of aliphatic imine (C=N–C) groups is 1. The first-order valence-electron chi connectivity index (χ1n) is 9.04. The topological polar surface area (TPSA) is 87.0 Å². The average molecular weight is 367 g/mol. The predicted octanol–water partition coefficient (Wildman–Crippen LogP) is 4.94.